The van der Waals surface area contributed by atoms with E-state index in [0.717, 1.165) is 0 Å². The van der Waals surface area contributed by atoms with Gasteiger partial charge in [0.1, 0.15) is 5.75 Å². The molecule has 0 saturated heterocycles. The number of benzene rings is 2. The number of aromatic hydroxyl groups is 1. The Morgan fingerprint density at radius 2 is 1.67 bits per heavy atom. The van der Waals surface area contributed by atoms with Crippen molar-refractivity contribution in [2.45, 2.75) is 0 Å². The number of ketones is 2. The molecule has 0 heterocycles. The van der Waals surface area contributed by atoms with E-state index in [2.05, 4.69) is 0 Å². The molecule has 3 N–H and O–H groups in total. The maximum atomic E-state index is 12.3. The predicted molar refractivity (Wildman–Crippen MR) is 65.8 cm³/mol. The van der Waals surface area contributed by atoms with Crippen LogP contribution in [0.1, 0.15) is 31.8 Å². The van der Waals surface area contributed by atoms with E-state index in [1.54, 1.807) is 12.1 Å². The minimum absolute atomic E-state index is 0.0561. The molecule has 4 heteroatoms. The zero-order chi connectivity index (χ0) is 12.9. The average molecular weight is 239 g/mol. The van der Waals surface area contributed by atoms with Crippen LogP contribution in [0.25, 0.3) is 0 Å². The molecular formula is C14H9NO3. The molecule has 0 spiro atoms. The van der Waals surface area contributed by atoms with Crippen molar-refractivity contribution in [3.63, 3.8) is 0 Å². The average Bonchev–Trinajstić information content (AvgIpc) is 2.35. The van der Waals surface area contributed by atoms with Crippen LogP contribution < -0.4 is 5.73 Å². The lowest BCUT2D eigenvalue weighted by molar-refractivity contribution is 0.0977. The van der Waals surface area contributed by atoms with Gasteiger partial charge in [-0.3, -0.25) is 9.59 Å². The smallest absolute Gasteiger partial charge is 0.198 e. The van der Waals surface area contributed by atoms with Crippen molar-refractivity contribution >= 4 is 17.3 Å². The van der Waals surface area contributed by atoms with Gasteiger partial charge in [-0.05, 0) is 24.3 Å². The van der Waals surface area contributed by atoms with Crippen molar-refractivity contribution in [3.8, 4) is 5.75 Å². The van der Waals surface area contributed by atoms with E-state index in [1.165, 1.54) is 24.3 Å². The summed E-state index contributed by atoms with van der Waals surface area (Å²) in [5.74, 6) is -0.820. The number of fused-ring (bicyclic) bond motifs is 2. The van der Waals surface area contributed by atoms with E-state index >= 15 is 0 Å². The number of anilines is 1. The van der Waals surface area contributed by atoms with Crippen molar-refractivity contribution in [3.05, 3.63) is 58.7 Å². The third-order valence-corrected chi connectivity index (χ3v) is 3.05. The van der Waals surface area contributed by atoms with Gasteiger partial charge >= 0.3 is 0 Å². The van der Waals surface area contributed by atoms with E-state index in [1.807, 2.05) is 0 Å². The number of hydrogen-bond donors (Lipinski definition) is 2. The number of carbonyl (C=O) groups is 2. The van der Waals surface area contributed by atoms with Gasteiger partial charge in [0.25, 0.3) is 0 Å². The number of nitrogens with two attached hydrogens (primary N) is 1. The second-order valence-corrected chi connectivity index (χ2v) is 4.16. The van der Waals surface area contributed by atoms with Crippen molar-refractivity contribution in [1.29, 1.82) is 0 Å². The minimum Gasteiger partial charge on any atom is -0.507 e. The van der Waals surface area contributed by atoms with E-state index in [9.17, 15) is 14.7 Å². The summed E-state index contributed by atoms with van der Waals surface area (Å²) in [6.07, 6.45) is 0. The van der Waals surface area contributed by atoms with Crippen molar-refractivity contribution in [2.75, 3.05) is 5.73 Å². The van der Waals surface area contributed by atoms with Crippen LogP contribution in [-0.2, 0) is 0 Å². The normalized spacial score (nSPS) is 13.1. The summed E-state index contributed by atoms with van der Waals surface area (Å²) >= 11 is 0. The quantitative estimate of drug-likeness (QED) is 0.585. The molecule has 2 aromatic rings. The number of nitrogen functional groups attached to an aromatic ring is 1. The molecular weight excluding hydrogens is 230 g/mol. The fourth-order valence-corrected chi connectivity index (χ4v) is 2.20. The number of hydrogen-bond acceptors (Lipinski definition) is 4. The van der Waals surface area contributed by atoms with E-state index in [4.69, 9.17) is 5.73 Å². The molecule has 0 unspecified atom stereocenters. The fraction of sp³-hybridized carbons (Fsp3) is 0. The largest absolute Gasteiger partial charge is 0.507 e. The fourth-order valence-electron chi connectivity index (χ4n) is 2.20. The zero-order valence-electron chi connectivity index (χ0n) is 9.31. The summed E-state index contributed by atoms with van der Waals surface area (Å²) in [5, 5.41) is 9.74. The summed E-state index contributed by atoms with van der Waals surface area (Å²) in [6.45, 7) is 0. The molecule has 1 aliphatic rings. The first-order valence-corrected chi connectivity index (χ1v) is 5.40. The van der Waals surface area contributed by atoms with Gasteiger partial charge in [-0.15, -0.1) is 0 Å². The molecule has 0 atom stereocenters. The first-order valence-electron chi connectivity index (χ1n) is 5.40. The van der Waals surface area contributed by atoms with Gasteiger partial charge < -0.3 is 10.8 Å². The molecule has 0 fully saturated rings. The Morgan fingerprint density at radius 1 is 0.889 bits per heavy atom. The zero-order valence-corrected chi connectivity index (χ0v) is 9.31. The van der Waals surface area contributed by atoms with Crippen molar-refractivity contribution in [2.24, 2.45) is 0 Å². The highest BCUT2D eigenvalue weighted by Crippen LogP contribution is 2.33. The molecule has 18 heavy (non-hydrogen) atoms. The SMILES string of the molecule is Nc1ccc2c(c1)C(=O)c1c(O)cccc1C2=O. The van der Waals surface area contributed by atoms with Crippen LogP contribution in [0.3, 0.4) is 0 Å². The van der Waals surface area contributed by atoms with Crippen molar-refractivity contribution < 1.29 is 14.7 Å². The summed E-state index contributed by atoms with van der Waals surface area (Å²) in [5.41, 5.74) is 6.89. The van der Waals surface area contributed by atoms with E-state index in [-0.39, 0.29) is 34.0 Å². The predicted octanol–water partition coefficient (Wildman–Crippen LogP) is 1.75. The molecule has 0 aromatic heterocycles. The Hall–Kier alpha value is -2.62. The Kier molecular flexibility index (Phi) is 2.01. The van der Waals surface area contributed by atoms with Crippen LogP contribution in [0.4, 0.5) is 5.69 Å². The second-order valence-electron chi connectivity index (χ2n) is 4.16. The molecule has 88 valence electrons. The van der Waals surface area contributed by atoms with Gasteiger partial charge in [0.05, 0.1) is 5.56 Å². The maximum Gasteiger partial charge on any atom is 0.198 e. The second kappa shape index (κ2) is 3.43. The molecule has 3 rings (SSSR count). The summed E-state index contributed by atoms with van der Waals surface area (Å²) in [7, 11) is 0. The van der Waals surface area contributed by atoms with Crippen LogP contribution in [0, 0.1) is 0 Å². The monoisotopic (exact) mass is 239 g/mol. The topological polar surface area (TPSA) is 80.4 Å². The number of phenolic OH excluding ortho intramolecular Hbond substituents is 1. The van der Waals surface area contributed by atoms with Crippen LogP contribution in [0.15, 0.2) is 36.4 Å². The van der Waals surface area contributed by atoms with Crippen LogP contribution in [0.2, 0.25) is 0 Å². The standard InChI is InChI=1S/C14H9NO3/c15-7-4-5-8-10(6-7)14(18)12-9(13(8)17)2-1-3-11(12)16/h1-6,16H,15H2. The molecule has 0 bridgehead atoms. The molecule has 2 aromatic carbocycles. The highest BCUT2D eigenvalue weighted by Gasteiger charge is 2.31. The number of phenols is 1. The maximum absolute atomic E-state index is 12.3. The molecule has 0 radical (unpaired) electrons. The van der Waals surface area contributed by atoms with Gasteiger partial charge in [0, 0.05) is 22.4 Å². The lowest BCUT2D eigenvalue weighted by atomic mass is 9.83. The summed E-state index contributed by atoms with van der Waals surface area (Å²) in [6, 6.07) is 9.05. The van der Waals surface area contributed by atoms with Gasteiger partial charge in [-0.1, -0.05) is 12.1 Å². The Balaban J connectivity index is 2.36. The van der Waals surface area contributed by atoms with Crippen molar-refractivity contribution in [1.82, 2.24) is 0 Å². The van der Waals surface area contributed by atoms with Crippen LogP contribution in [-0.4, -0.2) is 16.7 Å². The number of carbonyl (C=O) groups excluding carboxylic acids is 2. The highest BCUT2D eigenvalue weighted by molar-refractivity contribution is 6.29. The first kappa shape index (κ1) is 10.5. The number of rotatable bonds is 0. The van der Waals surface area contributed by atoms with E-state index in [0.29, 0.717) is 11.3 Å². The van der Waals surface area contributed by atoms with E-state index < -0.39 is 0 Å². The van der Waals surface area contributed by atoms with Crippen LogP contribution >= 0.6 is 0 Å². The third kappa shape index (κ3) is 1.26. The first-order chi connectivity index (χ1) is 8.59. The summed E-state index contributed by atoms with van der Waals surface area (Å²) < 4.78 is 0. The van der Waals surface area contributed by atoms with Gasteiger partial charge in [-0.2, -0.15) is 0 Å². The Morgan fingerprint density at radius 3 is 2.44 bits per heavy atom. The molecule has 0 saturated carbocycles. The van der Waals surface area contributed by atoms with Gasteiger partial charge in [-0.25, -0.2) is 0 Å². The molecule has 4 nitrogen and oxygen atoms in total. The molecule has 0 amide bonds. The third-order valence-electron chi connectivity index (χ3n) is 3.05. The van der Waals surface area contributed by atoms with Crippen LogP contribution in [0.5, 0.6) is 5.75 Å². The molecule has 0 aliphatic heterocycles. The molecule has 1 aliphatic carbocycles. The Bertz CT molecular complexity index is 704. The highest BCUT2D eigenvalue weighted by atomic mass is 16.3. The minimum atomic E-state index is -0.370. The lowest BCUT2D eigenvalue weighted by Gasteiger charge is -2.18. The summed E-state index contributed by atoms with van der Waals surface area (Å²) in [4.78, 5) is 24.5. The van der Waals surface area contributed by atoms with Gasteiger partial charge in [0.15, 0.2) is 11.6 Å². The Labute approximate surface area is 103 Å². The van der Waals surface area contributed by atoms with Gasteiger partial charge in [0.2, 0.25) is 0 Å². The lowest BCUT2D eigenvalue weighted by Crippen LogP contribution is -2.21.